The molecule has 0 aliphatic heterocycles. The molecule has 0 saturated carbocycles. The van der Waals surface area contributed by atoms with E-state index in [0.717, 1.165) is 0 Å². The summed E-state index contributed by atoms with van der Waals surface area (Å²) in [5.74, 6) is -2.40. The Morgan fingerprint density at radius 2 is 2.00 bits per heavy atom. The maximum Gasteiger partial charge on any atom is 0.495 e. The number of aromatic nitrogens is 3. The van der Waals surface area contributed by atoms with Crippen LogP contribution < -0.4 is 19.8 Å². The molecular formula is C22H16F3N6O3S+. The lowest BCUT2D eigenvalue weighted by molar-refractivity contribution is -0.841. The van der Waals surface area contributed by atoms with Crippen molar-refractivity contribution in [2.45, 2.75) is 12.6 Å². The third-order valence-corrected chi connectivity index (χ3v) is 5.35. The standard InChI is InChI=1S/C22H15F3N6O3S/c23-22(24,25)20(32)34-31-18-11-14(7-8-16(18)29-19(31)17-12-35-13-27-17)28-21(33)30(10-4-9-26)15-5-2-1-3-6-15/h1-3,5-8,11-13H,4,10H2,(H,28,33)/p+1. The van der Waals surface area contributed by atoms with Crippen LogP contribution in [0.3, 0.4) is 0 Å². The Hall–Kier alpha value is -4.44. The van der Waals surface area contributed by atoms with E-state index in [9.17, 15) is 22.8 Å². The number of urea groups is 1. The minimum Gasteiger partial charge on any atom is -0.307 e. The predicted molar refractivity (Wildman–Crippen MR) is 120 cm³/mol. The van der Waals surface area contributed by atoms with Gasteiger partial charge in [-0.25, -0.2) is 24.4 Å². The number of carbonyl (C=O) groups excluding carboxylic acids is 2. The fourth-order valence-electron chi connectivity index (χ4n) is 3.22. The maximum absolute atomic E-state index is 13.0. The monoisotopic (exact) mass is 501 g/mol. The highest BCUT2D eigenvalue weighted by atomic mass is 32.1. The number of thiazole rings is 1. The Morgan fingerprint density at radius 3 is 2.66 bits per heavy atom. The number of fused-ring (bicyclic) bond motifs is 1. The van der Waals surface area contributed by atoms with E-state index in [1.807, 2.05) is 6.07 Å². The number of rotatable bonds is 6. The highest BCUT2D eigenvalue weighted by Crippen LogP contribution is 2.23. The molecule has 13 heteroatoms. The summed E-state index contributed by atoms with van der Waals surface area (Å²) >= 11 is 1.20. The van der Waals surface area contributed by atoms with Gasteiger partial charge in [0.25, 0.3) is 0 Å². The number of hydrogen-bond donors (Lipinski definition) is 2. The van der Waals surface area contributed by atoms with E-state index >= 15 is 0 Å². The molecule has 0 aliphatic rings. The number of benzene rings is 2. The Labute approximate surface area is 200 Å². The van der Waals surface area contributed by atoms with Crippen molar-refractivity contribution >= 4 is 45.7 Å². The van der Waals surface area contributed by atoms with Crippen molar-refractivity contribution < 1.29 is 32.3 Å². The molecule has 2 aromatic carbocycles. The molecule has 0 radical (unpaired) electrons. The van der Waals surface area contributed by atoms with Gasteiger partial charge in [-0.3, -0.25) is 4.90 Å². The number of carbonyl (C=O) groups is 2. The van der Waals surface area contributed by atoms with Gasteiger partial charge in [0.2, 0.25) is 5.52 Å². The Morgan fingerprint density at radius 1 is 1.23 bits per heavy atom. The van der Waals surface area contributed by atoms with Crippen molar-refractivity contribution in [3.63, 3.8) is 0 Å². The zero-order chi connectivity index (χ0) is 25.0. The molecule has 178 valence electrons. The Kier molecular flexibility index (Phi) is 6.65. The van der Waals surface area contributed by atoms with Crippen molar-refractivity contribution in [3.05, 3.63) is 59.4 Å². The third kappa shape index (κ3) is 5.22. The molecule has 0 unspecified atom stereocenters. The summed E-state index contributed by atoms with van der Waals surface area (Å²) in [5, 5.41) is 13.2. The lowest BCUT2D eigenvalue weighted by Crippen LogP contribution is -2.51. The molecule has 0 spiro atoms. The van der Waals surface area contributed by atoms with Crippen LogP contribution in [0.5, 0.6) is 0 Å². The van der Waals surface area contributed by atoms with Crippen LogP contribution in [0.2, 0.25) is 0 Å². The number of imidazole rings is 1. The first-order valence-corrected chi connectivity index (χ1v) is 11.0. The predicted octanol–water partition coefficient (Wildman–Crippen LogP) is 4.05. The summed E-state index contributed by atoms with van der Waals surface area (Å²) in [7, 11) is 0. The maximum atomic E-state index is 13.0. The largest absolute Gasteiger partial charge is 0.495 e. The number of halogens is 3. The number of nitrogens with zero attached hydrogens (tertiary/aromatic N) is 4. The minimum atomic E-state index is -5.22. The molecule has 4 rings (SSSR count). The Bertz CT molecular complexity index is 1400. The van der Waals surface area contributed by atoms with Gasteiger partial charge in [-0.2, -0.15) is 18.4 Å². The smallest absolute Gasteiger partial charge is 0.307 e. The van der Waals surface area contributed by atoms with Crippen molar-refractivity contribution in [2.24, 2.45) is 0 Å². The molecule has 9 nitrogen and oxygen atoms in total. The fourth-order valence-corrected chi connectivity index (χ4v) is 3.75. The second kappa shape index (κ2) is 9.82. The van der Waals surface area contributed by atoms with Crippen molar-refractivity contribution in [1.82, 2.24) is 9.97 Å². The average molecular weight is 501 g/mol. The topological polar surface area (TPSA) is 115 Å². The molecule has 35 heavy (non-hydrogen) atoms. The highest BCUT2D eigenvalue weighted by Gasteiger charge is 2.44. The molecule has 0 fully saturated rings. The van der Waals surface area contributed by atoms with Crippen LogP contribution in [0.25, 0.3) is 22.6 Å². The van der Waals surface area contributed by atoms with Gasteiger partial charge in [-0.15, -0.1) is 11.3 Å². The van der Waals surface area contributed by atoms with Crippen molar-refractivity contribution in [1.29, 1.82) is 5.26 Å². The molecule has 2 N–H and O–H groups in total. The number of alkyl halides is 3. The molecule has 2 heterocycles. The van der Waals surface area contributed by atoms with E-state index in [4.69, 9.17) is 5.26 Å². The average Bonchev–Trinajstić information content (AvgIpc) is 3.48. The zero-order valence-corrected chi connectivity index (χ0v) is 18.6. The van der Waals surface area contributed by atoms with Gasteiger partial charge in [-0.1, -0.05) is 18.2 Å². The van der Waals surface area contributed by atoms with Crippen LogP contribution in [0.1, 0.15) is 6.42 Å². The van der Waals surface area contributed by atoms with Gasteiger partial charge in [0, 0.05) is 29.4 Å². The summed E-state index contributed by atoms with van der Waals surface area (Å²) in [5.41, 5.74) is 2.92. The minimum absolute atomic E-state index is 0.0160. The molecule has 0 aliphatic carbocycles. The second-order valence-corrected chi connectivity index (χ2v) is 7.79. The number of para-hydroxylation sites is 1. The van der Waals surface area contributed by atoms with E-state index < -0.39 is 18.2 Å². The normalized spacial score (nSPS) is 11.1. The van der Waals surface area contributed by atoms with Gasteiger partial charge in [0.1, 0.15) is 0 Å². The van der Waals surface area contributed by atoms with Gasteiger partial charge < -0.3 is 5.32 Å². The third-order valence-electron chi connectivity index (χ3n) is 4.76. The molecule has 0 atom stereocenters. The molecule has 2 aromatic heterocycles. The lowest BCUT2D eigenvalue weighted by Gasteiger charge is -2.22. The van der Waals surface area contributed by atoms with Gasteiger partial charge >= 0.3 is 24.0 Å². The van der Waals surface area contributed by atoms with E-state index in [-0.39, 0.29) is 35.7 Å². The first kappa shape index (κ1) is 23.7. The quantitative estimate of drug-likeness (QED) is 0.387. The van der Waals surface area contributed by atoms with Crippen LogP contribution in [0.4, 0.5) is 29.3 Å². The summed E-state index contributed by atoms with van der Waals surface area (Å²) in [4.78, 5) is 37.5. The SMILES string of the molecule is N#CCCN(C(=O)Nc1ccc2[nH]c(-c3cscn3)[n+](OC(=O)C(F)(F)F)c2c1)c1ccccc1. The second-order valence-electron chi connectivity index (χ2n) is 7.08. The van der Waals surface area contributed by atoms with E-state index in [0.29, 0.717) is 15.9 Å². The first-order valence-electron chi connectivity index (χ1n) is 10.0. The molecule has 4 aromatic rings. The molecule has 0 bridgehead atoms. The summed E-state index contributed by atoms with van der Waals surface area (Å²) in [6, 6.07) is 14.5. The van der Waals surface area contributed by atoms with Crippen LogP contribution in [0, 0.1) is 11.3 Å². The van der Waals surface area contributed by atoms with Gasteiger partial charge in [-0.05, 0) is 29.0 Å². The van der Waals surface area contributed by atoms with E-state index in [2.05, 4.69) is 20.1 Å². The van der Waals surface area contributed by atoms with Gasteiger partial charge in [0.05, 0.1) is 18.0 Å². The molecule has 2 amide bonds. The van der Waals surface area contributed by atoms with E-state index in [1.54, 1.807) is 35.7 Å². The molecule has 0 saturated heterocycles. The first-order chi connectivity index (χ1) is 16.8. The molecular weight excluding hydrogens is 485 g/mol. The van der Waals surface area contributed by atoms with Crippen LogP contribution in [-0.2, 0) is 4.79 Å². The number of nitriles is 1. The van der Waals surface area contributed by atoms with Crippen LogP contribution >= 0.6 is 11.3 Å². The Balaban J connectivity index is 1.70. The number of H-pyrrole nitrogens is 1. The van der Waals surface area contributed by atoms with E-state index in [1.165, 1.54) is 39.9 Å². The number of aromatic amines is 1. The number of amides is 2. The van der Waals surface area contributed by atoms with Crippen LogP contribution in [0.15, 0.2) is 59.4 Å². The summed E-state index contributed by atoms with van der Waals surface area (Å²) in [6.07, 6.45) is -5.14. The van der Waals surface area contributed by atoms with Gasteiger partial charge in [0.15, 0.2) is 11.2 Å². The van der Waals surface area contributed by atoms with Crippen molar-refractivity contribution in [2.75, 3.05) is 16.8 Å². The number of nitrogens with one attached hydrogen (secondary N) is 2. The van der Waals surface area contributed by atoms with Crippen LogP contribution in [-0.4, -0.2) is 34.7 Å². The summed E-state index contributed by atoms with van der Waals surface area (Å²) in [6.45, 7) is 0.121. The highest BCUT2D eigenvalue weighted by molar-refractivity contribution is 7.07. The summed E-state index contributed by atoms with van der Waals surface area (Å²) < 4.78 is 39.5. The fraction of sp³-hybridized carbons (Fsp3) is 0.136. The van der Waals surface area contributed by atoms with Crippen molar-refractivity contribution in [3.8, 4) is 17.6 Å². The number of hydrogen-bond acceptors (Lipinski definition) is 6. The lowest BCUT2D eigenvalue weighted by atomic mass is 10.2. The zero-order valence-electron chi connectivity index (χ0n) is 17.7. The number of anilines is 2.